The Labute approximate surface area is 270 Å². The molecule has 0 fully saturated rings. The second-order valence-corrected chi connectivity index (χ2v) is 12.6. The number of nitrogens with one attached hydrogen (secondary N) is 2. The number of carbonyl (C=O) groups excluding carboxylic acids is 1. The third kappa shape index (κ3) is 7.28. The van der Waals surface area contributed by atoms with Gasteiger partial charge in [-0.3, -0.25) is 14.3 Å². The molecule has 0 aliphatic carbocycles. The first-order valence-electron chi connectivity index (χ1n) is 16.0. The van der Waals surface area contributed by atoms with Gasteiger partial charge in [0.2, 0.25) is 0 Å². The summed E-state index contributed by atoms with van der Waals surface area (Å²) in [5.41, 5.74) is 5.79. The lowest BCUT2D eigenvalue weighted by atomic mass is 9.93. The number of ether oxygens (including phenoxy) is 1. The number of aromatic nitrogens is 3. The Kier molecular flexibility index (Phi) is 10.2. The predicted molar refractivity (Wildman–Crippen MR) is 187 cm³/mol. The molecule has 0 saturated heterocycles. The quantitative estimate of drug-likeness (QED) is 0.155. The number of pyridine rings is 3. The second-order valence-electron chi connectivity index (χ2n) is 12.6. The zero-order valence-electron chi connectivity index (χ0n) is 27.5. The second kappa shape index (κ2) is 14.4. The summed E-state index contributed by atoms with van der Waals surface area (Å²) in [6.45, 7) is 13.5. The molecule has 0 aliphatic heterocycles. The van der Waals surface area contributed by atoms with E-state index in [9.17, 15) is 9.59 Å². The Bertz CT molecular complexity index is 1850. The van der Waals surface area contributed by atoms with Crippen LogP contribution in [0, 0.1) is 5.92 Å². The maximum absolute atomic E-state index is 14.3. The third-order valence-electron chi connectivity index (χ3n) is 7.95. The molecule has 2 N–H and O–H groups in total. The first-order valence-corrected chi connectivity index (χ1v) is 16.0. The molecular formula is C38H43N5O3. The first kappa shape index (κ1) is 32.4. The van der Waals surface area contributed by atoms with Gasteiger partial charge in [-0.15, -0.1) is 0 Å². The van der Waals surface area contributed by atoms with Gasteiger partial charge in [0, 0.05) is 48.2 Å². The summed E-state index contributed by atoms with van der Waals surface area (Å²) in [6, 6.07) is 21.0. The van der Waals surface area contributed by atoms with Gasteiger partial charge in [-0.05, 0) is 76.4 Å². The summed E-state index contributed by atoms with van der Waals surface area (Å²) < 4.78 is 7.81. The summed E-state index contributed by atoms with van der Waals surface area (Å²) in [4.78, 5) is 36.9. The lowest BCUT2D eigenvalue weighted by Crippen LogP contribution is -2.31. The van der Waals surface area contributed by atoms with Gasteiger partial charge in [0.1, 0.15) is 17.1 Å². The van der Waals surface area contributed by atoms with Gasteiger partial charge in [0.25, 0.3) is 5.56 Å². The van der Waals surface area contributed by atoms with E-state index >= 15 is 0 Å². The van der Waals surface area contributed by atoms with E-state index in [-0.39, 0.29) is 29.0 Å². The van der Waals surface area contributed by atoms with Crippen molar-refractivity contribution < 1.29 is 9.53 Å². The van der Waals surface area contributed by atoms with Gasteiger partial charge in [0.15, 0.2) is 0 Å². The maximum atomic E-state index is 14.3. The SMILES string of the molecule is CC(C)Cn1c(=O)c(NC(=O)Nc2c(C(C)C)cccc2C(C)C)c(-c2cccc(OCCc3ccncc3)c2)c2cccnc21. The minimum absolute atomic E-state index is 0.180. The average molecular weight is 618 g/mol. The van der Waals surface area contributed by atoms with Gasteiger partial charge in [-0.25, -0.2) is 9.78 Å². The van der Waals surface area contributed by atoms with Crippen LogP contribution in [-0.2, 0) is 13.0 Å². The Balaban J connectivity index is 1.58. The molecule has 0 radical (unpaired) electrons. The van der Waals surface area contributed by atoms with Crippen molar-refractivity contribution in [2.45, 2.75) is 66.3 Å². The molecule has 0 saturated carbocycles. The van der Waals surface area contributed by atoms with Gasteiger partial charge >= 0.3 is 6.03 Å². The fourth-order valence-corrected chi connectivity index (χ4v) is 5.76. The standard InChI is InChI=1S/C38H43N5O3/c1-24(2)23-43-36-32(14-9-18-40-36)33(28-10-7-11-29(22-28)46-21-17-27-15-19-39-20-16-27)35(37(43)44)42-38(45)41-34-30(25(3)4)12-8-13-31(34)26(5)6/h7-16,18-20,22,24-26H,17,21,23H2,1-6H3,(H2,41,42,45). The normalized spacial score (nSPS) is 11.4. The van der Waals surface area contributed by atoms with Crippen LogP contribution in [0.1, 0.15) is 70.1 Å². The molecule has 0 atom stereocenters. The minimum atomic E-state index is -0.475. The summed E-state index contributed by atoms with van der Waals surface area (Å²) >= 11 is 0. The van der Waals surface area contributed by atoms with Crippen LogP contribution in [0.25, 0.3) is 22.2 Å². The van der Waals surface area contributed by atoms with Crippen LogP contribution < -0.4 is 20.9 Å². The Morgan fingerprint density at radius 3 is 2.17 bits per heavy atom. The molecule has 3 aromatic heterocycles. The van der Waals surface area contributed by atoms with Crippen LogP contribution in [0.2, 0.25) is 0 Å². The van der Waals surface area contributed by atoms with Crippen molar-refractivity contribution in [2.75, 3.05) is 17.2 Å². The van der Waals surface area contributed by atoms with Crippen LogP contribution in [0.3, 0.4) is 0 Å². The number of hydrogen-bond acceptors (Lipinski definition) is 5. The van der Waals surface area contributed by atoms with E-state index in [1.54, 1.807) is 23.2 Å². The third-order valence-corrected chi connectivity index (χ3v) is 7.95. The summed E-state index contributed by atoms with van der Waals surface area (Å²) in [7, 11) is 0. The monoisotopic (exact) mass is 617 g/mol. The molecule has 46 heavy (non-hydrogen) atoms. The number of amides is 2. The highest BCUT2D eigenvalue weighted by Crippen LogP contribution is 2.36. The molecule has 0 bridgehead atoms. The number of urea groups is 1. The van der Waals surface area contributed by atoms with Crippen molar-refractivity contribution in [1.82, 2.24) is 14.5 Å². The van der Waals surface area contributed by atoms with E-state index in [4.69, 9.17) is 4.74 Å². The van der Waals surface area contributed by atoms with Crippen molar-refractivity contribution in [3.8, 4) is 16.9 Å². The highest BCUT2D eigenvalue weighted by atomic mass is 16.5. The molecule has 0 aliphatic rings. The molecule has 238 valence electrons. The summed E-state index contributed by atoms with van der Waals surface area (Å²) in [6.07, 6.45) is 5.96. The van der Waals surface area contributed by atoms with E-state index in [0.717, 1.165) is 39.7 Å². The highest BCUT2D eigenvalue weighted by molar-refractivity contribution is 6.07. The molecular weight excluding hydrogens is 574 g/mol. The molecule has 5 aromatic rings. The van der Waals surface area contributed by atoms with Crippen molar-refractivity contribution in [2.24, 2.45) is 5.92 Å². The van der Waals surface area contributed by atoms with E-state index < -0.39 is 6.03 Å². The lowest BCUT2D eigenvalue weighted by molar-refractivity contribution is 0.262. The molecule has 0 spiro atoms. The number of carbonyl (C=O) groups is 1. The maximum Gasteiger partial charge on any atom is 0.323 e. The number of hydrogen-bond donors (Lipinski definition) is 2. The zero-order chi connectivity index (χ0) is 32.8. The number of nitrogens with zero attached hydrogens (tertiary/aromatic N) is 3. The van der Waals surface area contributed by atoms with Crippen molar-refractivity contribution >= 4 is 28.4 Å². The van der Waals surface area contributed by atoms with E-state index in [0.29, 0.717) is 30.1 Å². The van der Waals surface area contributed by atoms with E-state index in [2.05, 4.69) is 62.1 Å². The van der Waals surface area contributed by atoms with Crippen LogP contribution in [0.5, 0.6) is 5.75 Å². The number of anilines is 2. The molecule has 8 nitrogen and oxygen atoms in total. The van der Waals surface area contributed by atoms with E-state index in [1.807, 2.05) is 66.7 Å². The summed E-state index contributed by atoms with van der Waals surface area (Å²) in [5, 5.41) is 6.87. The van der Waals surface area contributed by atoms with Gasteiger partial charge in [0.05, 0.1) is 6.61 Å². The number of rotatable bonds is 11. The molecule has 5 rings (SSSR count). The Morgan fingerprint density at radius 1 is 0.826 bits per heavy atom. The Hall–Kier alpha value is -4.98. The molecule has 2 amide bonds. The number of benzene rings is 2. The highest BCUT2D eigenvalue weighted by Gasteiger charge is 2.23. The molecule has 2 aromatic carbocycles. The molecule has 3 heterocycles. The van der Waals surface area contributed by atoms with Crippen molar-refractivity contribution in [3.05, 3.63) is 112 Å². The van der Waals surface area contributed by atoms with Crippen LogP contribution in [0.4, 0.5) is 16.2 Å². The summed E-state index contributed by atoms with van der Waals surface area (Å²) in [5.74, 6) is 1.23. The molecule has 8 heteroatoms. The average Bonchev–Trinajstić information content (AvgIpc) is 3.03. The van der Waals surface area contributed by atoms with Crippen LogP contribution in [-0.4, -0.2) is 27.2 Å². The Morgan fingerprint density at radius 2 is 1.50 bits per heavy atom. The number of fused-ring (bicyclic) bond motifs is 1. The lowest BCUT2D eigenvalue weighted by Gasteiger charge is -2.22. The fourth-order valence-electron chi connectivity index (χ4n) is 5.76. The zero-order valence-corrected chi connectivity index (χ0v) is 27.5. The fraction of sp³-hybridized carbons (Fsp3) is 0.316. The van der Waals surface area contributed by atoms with Gasteiger partial charge < -0.3 is 15.4 Å². The van der Waals surface area contributed by atoms with Gasteiger partial charge in [-0.2, -0.15) is 0 Å². The van der Waals surface area contributed by atoms with Crippen LogP contribution in [0.15, 0.2) is 90.1 Å². The van der Waals surface area contributed by atoms with Crippen LogP contribution >= 0.6 is 0 Å². The topological polar surface area (TPSA) is 98.1 Å². The van der Waals surface area contributed by atoms with Crippen molar-refractivity contribution in [3.63, 3.8) is 0 Å². The minimum Gasteiger partial charge on any atom is -0.493 e. The number of para-hydroxylation sites is 1. The first-order chi connectivity index (χ1) is 22.1. The molecule has 0 unspecified atom stereocenters. The van der Waals surface area contributed by atoms with Gasteiger partial charge in [-0.1, -0.05) is 71.9 Å². The largest absolute Gasteiger partial charge is 0.493 e. The van der Waals surface area contributed by atoms with E-state index in [1.165, 1.54) is 0 Å². The predicted octanol–water partition coefficient (Wildman–Crippen LogP) is 8.63. The van der Waals surface area contributed by atoms with Crippen molar-refractivity contribution in [1.29, 1.82) is 0 Å². The smallest absolute Gasteiger partial charge is 0.323 e.